The van der Waals surface area contributed by atoms with Crippen LogP contribution in [0.3, 0.4) is 0 Å². The van der Waals surface area contributed by atoms with Gasteiger partial charge >= 0.3 is 0 Å². The number of nitrogens with two attached hydrogens (primary N) is 1. The largest absolute Gasteiger partial charge is 0.493 e. The first kappa shape index (κ1) is 20.5. The van der Waals surface area contributed by atoms with Gasteiger partial charge in [0.2, 0.25) is 5.91 Å². The fraction of sp³-hybridized carbons (Fsp3) is 0.588. The number of halogens is 1. The number of methoxy groups -OCH3 is 1. The maximum atomic E-state index is 12.6. The molecule has 0 saturated carbocycles. The molecule has 1 heterocycles. The molecule has 0 aliphatic carbocycles. The maximum absolute atomic E-state index is 12.6. The lowest BCUT2D eigenvalue weighted by molar-refractivity contribution is -0.136. The van der Waals surface area contributed by atoms with Gasteiger partial charge in [-0.25, -0.2) is 0 Å². The molecule has 1 aromatic rings. The van der Waals surface area contributed by atoms with Crippen LogP contribution in [-0.2, 0) is 16.1 Å². The quantitative estimate of drug-likeness (QED) is 0.777. The third-order valence-electron chi connectivity index (χ3n) is 4.30. The summed E-state index contributed by atoms with van der Waals surface area (Å²) >= 11 is 0. The Kier molecular flexibility index (Phi) is 8.31. The minimum Gasteiger partial charge on any atom is -0.493 e. The van der Waals surface area contributed by atoms with Crippen LogP contribution in [0.2, 0.25) is 0 Å². The number of amides is 1. The number of nitrogens with one attached hydrogen (secondary N) is 1. The topological polar surface area (TPSA) is 82.8 Å². The minimum absolute atomic E-state index is 0. The molecule has 1 saturated heterocycles. The molecule has 0 unspecified atom stereocenters. The van der Waals surface area contributed by atoms with Crippen LogP contribution in [-0.4, -0.2) is 39.4 Å². The first-order valence-corrected chi connectivity index (χ1v) is 8.01. The fourth-order valence-corrected chi connectivity index (χ4v) is 2.76. The number of carbonyl (C=O) groups excluding carboxylic acids is 1. The fourth-order valence-electron chi connectivity index (χ4n) is 2.76. The highest BCUT2D eigenvalue weighted by Gasteiger charge is 2.38. The van der Waals surface area contributed by atoms with Crippen molar-refractivity contribution in [3.05, 3.63) is 23.8 Å². The van der Waals surface area contributed by atoms with E-state index in [4.69, 9.17) is 19.9 Å². The lowest BCUT2D eigenvalue weighted by atomic mass is 9.79. The molecule has 1 aliphatic heterocycles. The van der Waals surface area contributed by atoms with Gasteiger partial charge in [-0.05, 0) is 37.5 Å². The monoisotopic (exact) mass is 358 g/mol. The predicted molar refractivity (Wildman–Crippen MR) is 94.8 cm³/mol. The SMILES string of the molecule is CCOc1cc(CNC(=O)C2(CN)CCOCC2)ccc1OC.Cl. The summed E-state index contributed by atoms with van der Waals surface area (Å²) in [5.74, 6) is 1.36. The zero-order valence-electron chi connectivity index (χ0n) is 14.3. The summed E-state index contributed by atoms with van der Waals surface area (Å²) < 4.78 is 16.2. The lowest BCUT2D eigenvalue weighted by Gasteiger charge is -2.34. The van der Waals surface area contributed by atoms with Crippen LogP contribution < -0.4 is 20.5 Å². The van der Waals surface area contributed by atoms with E-state index in [1.807, 2.05) is 25.1 Å². The van der Waals surface area contributed by atoms with Gasteiger partial charge < -0.3 is 25.3 Å². The molecule has 1 aromatic carbocycles. The van der Waals surface area contributed by atoms with Crippen LogP contribution in [0.25, 0.3) is 0 Å². The van der Waals surface area contributed by atoms with E-state index in [9.17, 15) is 4.79 Å². The Balaban J connectivity index is 0.00000288. The normalized spacial score (nSPS) is 16.0. The van der Waals surface area contributed by atoms with Gasteiger partial charge in [0, 0.05) is 26.3 Å². The Morgan fingerprint density at radius 1 is 1.33 bits per heavy atom. The van der Waals surface area contributed by atoms with Gasteiger partial charge in [0.1, 0.15) is 0 Å². The Morgan fingerprint density at radius 3 is 2.62 bits per heavy atom. The van der Waals surface area contributed by atoms with Crippen molar-refractivity contribution in [1.82, 2.24) is 5.32 Å². The van der Waals surface area contributed by atoms with E-state index in [-0.39, 0.29) is 18.3 Å². The first-order chi connectivity index (χ1) is 11.1. The summed E-state index contributed by atoms with van der Waals surface area (Å²) in [5, 5.41) is 3.00. The van der Waals surface area contributed by atoms with Crippen LogP contribution >= 0.6 is 12.4 Å². The standard InChI is InChI=1S/C17H26N2O4.ClH/c1-3-23-15-10-13(4-5-14(15)21-2)11-19-16(20)17(12-18)6-8-22-9-7-17;/h4-5,10H,3,6-9,11-12,18H2,1-2H3,(H,19,20);1H. The highest BCUT2D eigenvalue weighted by atomic mass is 35.5. The second-order valence-electron chi connectivity index (χ2n) is 5.70. The molecule has 0 atom stereocenters. The second kappa shape index (κ2) is 9.71. The number of carbonyl (C=O) groups is 1. The van der Waals surface area contributed by atoms with E-state index in [1.165, 1.54) is 0 Å². The highest BCUT2D eigenvalue weighted by molar-refractivity contribution is 5.85. The van der Waals surface area contributed by atoms with E-state index in [1.54, 1.807) is 7.11 Å². The number of ether oxygens (including phenoxy) is 3. The molecule has 0 aromatic heterocycles. The van der Waals surface area contributed by atoms with E-state index >= 15 is 0 Å². The number of hydrogen-bond donors (Lipinski definition) is 2. The summed E-state index contributed by atoms with van der Waals surface area (Å²) in [6, 6.07) is 5.65. The van der Waals surface area contributed by atoms with Crippen LogP contribution in [0.5, 0.6) is 11.5 Å². The minimum atomic E-state index is -0.506. The van der Waals surface area contributed by atoms with Crippen molar-refractivity contribution in [3.63, 3.8) is 0 Å². The van der Waals surface area contributed by atoms with Crippen molar-refractivity contribution < 1.29 is 19.0 Å². The van der Waals surface area contributed by atoms with Gasteiger partial charge in [0.15, 0.2) is 11.5 Å². The molecule has 7 heteroatoms. The Bertz CT molecular complexity index is 533. The third-order valence-corrected chi connectivity index (χ3v) is 4.30. The molecule has 2 rings (SSSR count). The van der Waals surface area contributed by atoms with Crippen molar-refractivity contribution in [2.24, 2.45) is 11.1 Å². The number of benzene rings is 1. The van der Waals surface area contributed by atoms with Crippen LogP contribution in [0.4, 0.5) is 0 Å². The highest BCUT2D eigenvalue weighted by Crippen LogP contribution is 2.30. The maximum Gasteiger partial charge on any atom is 0.227 e. The second-order valence-corrected chi connectivity index (χ2v) is 5.70. The molecule has 6 nitrogen and oxygen atoms in total. The van der Waals surface area contributed by atoms with Crippen molar-refractivity contribution >= 4 is 18.3 Å². The summed E-state index contributed by atoms with van der Waals surface area (Å²) in [6.45, 7) is 4.43. The zero-order chi connectivity index (χ0) is 16.7. The molecule has 0 radical (unpaired) electrons. The molecule has 0 bridgehead atoms. The predicted octanol–water partition coefficient (Wildman–Crippen LogP) is 1.89. The van der Waals surface area contributed by atoms with Gasteiger partial charge in [0.25, 0.3) is 0 Å². The molecule has 1 amide bonds. The molecule has 3 N–H and O–H groups in total. The Morgan fingerprint density at radius 2 is 2.04 bits per heavy atom. The van der Waals surface area contributed by atoms with Gasteiger partial charge in [-0.1, -0.05) is 6.07 Å². The molecule has 1 fully saturated rings. The Hall–Kier alpha value is -1.50. The van der Waals surface area contributed by atoms with Crippen molar-refractivity contribution in [1.29, 1.82) is 0 Å². The average molecular weight is 359 g/mol. The molecule has 24 heavy (non-hydrogen) atoms. The van der Waals surface area contributed by atoms with Gasteiger partial charge in [-0.2, -0.15) is 0 Å². The zero-order valence-corrected chi connectivity index (χ0v) is 15.1. The van der Waals surface area contributed by atoms with Crippen molar-refractivity contribution in [2.45, 2.75) is 26.3 Å². The first-order valence-electron chi connectivity index (χ1n) is 8.01. The average Bonchev–Trinajstić information content (AvgIpc) is 2.60. The molecular formula is C17H27ClN2O4. The van der Waals surface area contributed by atoms with E-state index in [2.05, 4.69) is 5.32 Å². The number of rotatable bonds is 7. The third kappa shape index (κ3) is 4.75. The van der Waals surface area contributed by atoms with Crippen molar-refractivity contribution in [3.8, 4) is 11.5 Å². The van der Waals surface area contributed by atoms with Gasteiger partial charge in [0.05, 0.1) is 19.1 Å². The van der Waals surface area contributed by atoms with Crippen LogP contribution in [0.15, 0.2) is 18.2 Å². The summed E-state index contributed by atoms with van der Waals surface area (Å²) in [4.78, 5) is 12.6. The molecule has 0 spiro atoms. The van der Waals surface area contributed by atoms with Crippen LogP contribution in [0.1, 0.15) is 25.3 Å². The number of hydrogen-bond acceptors (Lipinski definition) is 5. The summed E-state index contributed by atoms with van der Waals surface area (Å²) in [5.41, 5.74) is 6.31. The Labute approximate surface area is 149 Å². The van der Waals surface area contributed by atoms with E-state index < -0.39 is 5.41 Å². The van der Waals surface area contributed by atoms with Crippen LogP contribution in [0, 0.1) is 5.41 Å². The van der Waals surface area contributed by atoms with E-state index in [0.717, 1.165) is 5.56 Å². The van der Waals surface area contributed by atoms with E-state index in [0.29, 0.717) is 57.3 Å². The smallest absolute Gasteiger partial charge is 0.227 e. The summed E-state index contributed by atoms with van der Waals surface area (Å²) in [7, 11) is 1.61. The van der Waals surface area contributed by atoms with Crippen molar-refractivity contribution in [2.75, 3.05) is 33.5 Å². The molecule has 1 aliphatic rings. The van der Waals surface area contributed by atoms with Gasteiger partial charge in [-0.3, -0.25) is 4.79 Å². The molecule has 136 valence electrons. The van der Waals surface area contributed by atoms with Gasteiger partial charge in [-0.15, -0.1) is 12.4 Å². The summed E-state index contributed by atoms with van der Waals surface area (Å²) in [6.07, 6.45) is 1.34. The molecular weight excluding hydrogens is 332 g/mol. The lowest BCUT2D eigenvalue weighted by Crippen LogP contribution is -2.48.